The Balaban J connectivity index is 1.61. The van der Waals surface area contributed by atoms with Crippen molar-refractivity contribution in [1.82, 2.24) is 25.4 Å². The number of phenols is 1. The number of piperazine rings is 1. The van der Waals surface area contributed by atoms with Crippen molar-refractivity contribution in [1.29, 1.82) is 0 Å². The molecule has 0 radical (unpaired) electrons. The van der Waals surface area contributed by atoms with Crippen molar-refractivity contribution < 1.29 is 14.3 Å². The monoisotopic (exact) mass is 457 g/mol. The fourth-order valence-electron chi connectivity index (χ4n) is 4.05. The molecule has 0 bridgehead atoms. The third kappa shape index (κ3) is 4.27. The lowest BCUT2D eigenvalue weighted by atomic mass is 10.0. The molecular formula is C26H24FN5O2. The molecule has 1 aliphatic rings. The van der Waals surface area contributed by atoms with Gasteiger partial charge in [0.05, 0.1) is 22.3 Å². The standard InChI is InChI=1S/C26H24FN5O2/c1-16-2-3-17(14-21(16)27)4-9-22-24-20(26(34)32-12-10-28-11-13-32)15-23(29-25(24)31-30-22)18-5-7-19(33)8-6-18/h2-9,14-15,28,33H,10-13H2,1H3,(H,29,30,31)/b9-4+. The molecule has 0 aliphatic carbocycles. The molecule has 2 aromatic carbocycles. The first-order chi connectivity index (χ1) is 16.5. The van der Waals surface area contributed by atoms with Gasteiger partial charge in [0.15, 0.2) is 5.65 Å². The summed E-state index contributed by atoms with van der Waals surface area (Å²) in [5.41, 5.74) is 4.18. The highest BCUT2D eigenvalue weighted by Gasteiger charge is 2.24. The third-order valence-electron chi connectivity index (χ3n) is 5.99. The van der Waals surface area contributed by atoms with Crippen molar-refractivity contribution in [3.05, 3.63) is 76.7 Å². The van der Waals surface area contributed by atoms with Crippen LogP contribution in [0, 0.1) is 12.7 Å². The number of rotatable bonds is 4. The number of phenolic OH excluding ortho intramolecular Hbond substituents is 1. The van der Waals surface area contributed by atoms with E-state index < -0.39 is 0 Å². The molecule has 1 amide bonds. The Morgan fingerprint density at radius 1 is 1.09 bits per heavy atom. The number of carbonyl (C=O) groups is 1. The number of nitrogens with zero attached hydrogens (tertiary/aromatic N) is 3. The highest BCUT2D eigenvalue weighted by molar-refractivity contribution is 6.09. The van der Waals surface area contributed by atoms with Crippen molar-refractivity contribution in [2.75, 3.05) is 26.2 Å². The van der Waals surface area contributed by atoms with Gasteiger partial charge in [-0.15, -0.1) is 0 Å². The summed E-state index contributed by atoms with van der Waals surface area (Å²) in [4.78, 5) is 20.1. The predicted molar refractivity (Wildman–Crippen MR) is 130 cm³/mol. The maximum Gasteiger partial charge on any atom is 0.254 e. The van der Waals surface area contributed by atoms with E-state index in [2.05, 4.69) is 20.5 Å². The average molecular weight is 458 g/mol. The Hall–Kier alpha value is -4.04. The van der Waals surface area contributed by atoms with Gasteiger partial charge in [-0.2, -0.15) is 5.10 Å². The molecule has 5 rings (SSSR count). The molecule has 1 aliphatic heterocycles. The summed E-state index contributed by atoms with van der Waals surface area (Å²) in [5.74, 6) is -0.209. The van der Waals surface area contributed by atoms with Gasteiger partial charge in [-0.25, -0.2) is 9.37 Å². The maximum atomic E-state index is 14.0. The van der Waals surface area contributed by atoms with E-state index in [1.807, 2.05) is 11.0 Å². The van der Waals surface area contributed by atoms with Gasteiger partial charge in [-0.1, -0.05) is 18.2 Å². The smallest absolute Gasteiger partial charge is 0.254 e. The summed E-state index contributed by atoms with van der Waals surface area (Å²) in [6.45, 7) is 4.42. The van der Waals surface area contributed by atoms with Crippen LogP contribution in [-0.4, -0.2) is 57.3 Å². The number of hydrogen-bond donors (Lipinski definition) is 3. The van der Waals surface area contributed by atoms with E-state index in [0.29, 0.717) is 52.2 Å². The average Bonchev–Trinajstić information content (AvgIpc) is 3.28. The van der Waals surface area contributed by atoms with Crippen LogP contribution in [0.5, 0.6) is 5.75 Å². The molecule has 4 aromatic rings. The van der Waals surface area contributed by atoms with E-state index in [1.54, 1.807) is 55.5 Å². The Morgan fingerprint density at radius 3 is 2.59 bits per heavy atom. The molecule has 8 heteroatoms. The number of H-pyrrole nitrogens is 1. The van der Waals surface area contributed by atoms with Crippen molar-refractivity contribution in [2.24, 2.45) is 0 Å². The van der Waals surface area contributed by atoms with Crippen molar-refractivity contribution in [3.63, 3.8) is 0 Å². The highest BCUT2D eigenvalue weighted by atomic mass is 19.1. The molecule has 3 heterocycles. The van der Waals surface area contributed by atoms with Crippen LogP contribution in [-0.2, 0) is 0 Å². The number of halogens is 1. The van der Waals surface area contributed by atoms with Crippen molar-refractivity contribution in [3.8, 4) is 17.0 Å². The SMILES string of the molecule is Cc1ccc(/C=C/c2[nH]nc3nc(-c4ccc(O)cc4)cc(C(=O)N4CCNCC4)c23)cc1F. The first kappa shape index (κ1) is 21.8. The molecule has 0 atom stereocenters. The van der Waals surface area contributed by atoms with Crippen LogP contribution in [0.2, 0.25) is 0 Å². The number of fused-ring (bicyclic) bond motifs is 1. The molecule has 2 aromatic heterocycles. The lowest BCUT2D eigenvalue weighted by Crippen LogP contribution is -2.46. The summed E-state index contributed by atoms with van der Waals surface area (Å²) >= 11 is 0. The van der Waals surface area contributed by atoms with Crippen molar-refractivity contribution >= 4 is 29.1 Å². The van der Waals surface area contributed by atoms with Crippen LogP contribution in [0.1, 0.15) is 27.2 Å². The van der Waals surface area contributed by atoms with E-state index in [1.165, 1.54) is 6.07 Å². The van der Waals surface area contributed by atoms with Gasteiger partial charge in [-0.05, 0) is 60.5 Å². The molecule has 172 valence electrons. The van der Waals surface area contributed by atoms with Crippen LogP contribution in [0.4, 0.5) is 4.39 Å². The molecular weight excluding hydrogens is 433 g/mol. The maximum absolute atomic E-state index is 14.0. The summed E-state index contributed by atoms with van der Waals surface area (Å²) in [5, 5.41) is 20.9. The number of aryl methyl sites for hydroxylation is 1. The van der Waals surface area contributed by atoms with Crippen LogP contribution >= 0.6 is 0 Å². The zero-order chi connectivity index (χ0) is 23.7. The van der Waals surface area contributed by atoms with Crippen LogP contribution in [0.25, 0.3) is 34.4 Å². The molecule has 1 saturated heterocycles. The molecule has 3 N–H and O–H groups in total. The van der Waals surface area contributed by atoms with Crippen molar-refractivity contribution in [2.45, 2.75) is 6.92 Å². The highest BCUT2D eigenvalue weighted by Crippen LogP contribution is 2.29. The molecule has 0 spiro atoms. The molecule has 7 nitrogen and oxygen atoms in total. The van der Waals surface area contributed by atoms with Gasteiger partial charge in [0, 0.05) is 31.7 Å². The van der Waals surface area contributed by atoms with Gasteiger partial charge in [0.1, 0.15) is 11.6 Å². The van der Waals surface area contributed by atoms with Gasteiger partial charge in [0.25, 0.3) is 5.91 Å². The van der Waals surface area contributed by atoms with Gasteiger partial charge >= 0.3 is 0 Å². The normalized spacial score (nSPS) is 14.2. The van der Waals surface area contributed by atoms with Crippen LogP contribution < -0.4 is 5.32 Å². The van der Waals surface area contributed by atoms with Crippen LogP contribution in [0.3, 0.4) is 0 Å². The summed E-state index contributed by atoms with van der Waals surface area (Å²) in [6.07, 6.45) is 3.57. The fourth-order valence-corrected chi connectivity index (χ4v) is 4.05. The Kier molecular flexibility index (Phi) is 5.81. The Bertz CT molecular complexity index is 1390. The number of benzene rings is 2. The second-order valence-corrected chi connectivity index (χ2v) is 8.32. The first-order valence-corrected chi connectivity index (χ1v) is 11.1. The molecule has 0 saturated carbocycles. The summed E-state index contributed by atoms with van der Waals surface area (Å²) in [6, 6.07) is 13.5. The van der Waals surface area contributed by atoms with E-state index >= 15 is 0 Å². The molecule has 1 fully saturated rings. The van der Waals surface area contributed by atoms with E-state index in [-0.39, 0.29) is 17.5 Å². The topological polar surface area (TPSA) is 94.1 Å². The second-order valence-electron chi connectivity index (χ2n) is 8.32. The molecule has 0 unspecified atom stereocenters. The Labute approximate surface area is 195 Å². The number of nitrogens with one attached hydrogen (secondary N) is 2. The lowest BCUT2D eigenvalue weighted by Gasteiger charge is -2.27. The van der Waals surface area contributed by atoms with E-state index in [9.17, 15) is 14.3 Å². The van der Waals surface area contributed by atoms with Gasteiger partial charge in [0.2, 0.25) is 0 Å². The number of hydrogen-bond acceptors (Lipinski definition) is 5. The third-order valence-corrected chi connectivity index (χ3v) is 5.99. The number of aromatic hydroxyl groups is 1. The van der Waals surface area contributed by atoms with Gasteiger partial charge in [-0.3, -0.25) is 9.89 Å². The quantitative estimate of drug-likeness (QED) is 0.431. The Morgan fingerprint density at radius 2 is 1.85 bits per heavy atom. The van der Waals surface area contributed by atoms with E-state index in [0.717, 1.165) is 18.7 Å². The minimum Gasteiger partial charge on any atom is -0.508 e. The fraction of sp³-hybridized carbons (Fsp3) is 0.192. The minimum absolute atomic E-state index is 0.0913. The number of amides is 1. The number of aromatic amines is 1. The zero-order valence-corrected chi connectivity index (χ0v) is 18.7. The number of carbonyl (C=O) groups excluding carboxylic acids is 1. The lowest BCUT2D eigenvalue weighted by molar-refractivity contribution is 0.0737. The zero-order valence-electron chi connectivity index (χ0n) is 18.7. The predicted octanol–water partition coefficient (Wildman–Crippen LogP) is 3.99. The number of pyridine rings is 1. The number of aromatic nitrogens is 3. The van der Waals surface area contributed by atoms with Crippen LogP contribution in [0.15, 0.2) is 48.5 Å². The molecule has 34 heavy (non-hydrogen) atoms. The van der Waals surface area contributed by atoms with Gasteiger partial charge < -0.3 is 15.3 Å². The minimum atomic E-state index is -0.272. The largest absolute Gasteiger partial charge is 0.508 e. The summed E-state index contributed by atoms with van der Waals surface area (Å²) in [7, 11) is 0. The summed E-state index contributed by atoms with van der Waals surface area (Å²) < 4.78 is 14.0. The first-order valence-electron chi connectivity index (χ1n) is 11.1. The van der Waals surface area contributed by atoms with E-state index in [4.69, 9.17) is 0 Å². The second kappa shape index (κ2) is 9.07.